The second-order valence-corrected chi connectivity index (χ2v) is 8.00. The second-order valence-electron chi connectivity index (χ2n) is 6.03. The highest BCUT2D eigenvalue weighted by Crippen LogP contribution is 2.28. The van der Waals surface area contributed by atoms with E-state index in [1.54, 1.807) is 0 Å². The van der Waals surface area contributed by atoms with Crippen LogP contribution in [0.2, 0.25) is 0 Å². The molecule has 2 heterocycles. The normalized spacial score (nSPS) is 21.2. The number of piperidine rings is 1. The van der Waals surface area contributed by atoms with E-state index in [1.165, 1.54) is 28.6 Å². The van der Waals surface area contributed by atoms with Crippen LogP contribution in [0.25, 0.3) is 0 Å². The highest BCUT2D eigenvalue weighted by molar-refractivity contribution is 7.88. The lowest BCUT2D eigenvalue weighted by atomic mass is 9.98. The van der Waals surface area contributed by atoms with Crippen molar-refractivity contribution >= 4 is 15.7 Å². The van der Waals surface area contributed by atoms with Gasteiger partial charge in [0.2, 0.25) is 10.0 Å². The van der Waals surface area contributed by atoms with E-state index in [4.69, 9.17) is 9.47 Å². The Bertz CT molecular complexity index is 676. The van der Waals surface area contributed by atoms with E-state index < -0.39 is 14.9 Å². The van der Waals surface area contributed by atoms with Crippen molar-refractivity contribution in [3.63, 3.8) is 0 Å². The molecule has 0 atom stereocenters. The third-order valence-corrected chi connectivity index (χ3v) is 6.27. The summed E-state index contributed by atoms with van der Waals surface area (Å²) in [7, 11) is -3.43. The summed E-state index contributed by atoms with van der Waals surface area (Å²) < 4.78 is 37.5. The Kier molecular flexibility index (Phi) is 5.14. The minimum atomic E-state index is -3.43. The first kappa shape index (κ1) is 17.3. The Balaban J connectivity index is 1.58. The summed E-state index contributed by atoms with van der Waals surface area (Å²) in [5.74, 6) is 0.0878. The molecular formula is C15H20N2O6S. The molecule has 2 saturated heterocycles. The van der Waals surface area contributed by atoms with Crippen LogP contribution in [0.4, 0.5) is 5.69 Å². The minimum Gasteiger partial charge on any atom is -0.350 e. The number of nitro groups is 1. The van der Waals surface area contributed by atoms with Crippen LogP contribution in [0, 0.1) is 16.0 Å². The molecule has 0 bridgehead atoms. The third-order valence-electron chi connectivity index (χ3n) is 4.42. The summed E-state index contributed by atoms with van der Waals surface area (Å²) in [5.41, 5.74) is 0.499. The smallest absolute Gasteiger partial charge is 0.269 e. The molecule has 1 aromatic rings. The second kappa shape index (κ2) is 7.14. The fourth-order valence-electron chi connectivity index (χ4n) is 3.09. The van der Waals surface area contributed by atoms with Gasteiger partial charge in [0.25, 0.3) is 5.69 Å². The molecule has 0 radical (unpaired) electrons. The van der Waals surface area contributed by atoms with E-state index in [0.717, 1.165) is 0 Å². The molecule has 0 N–H and O–H groups in total. The molecule has 3 rings (SSSR count). The molecule has 0 amide bonds. The Labute approximate surface area is 140 Å². The minimum absolute atomic E-state index is 0.0477. The van der Waals surface area contributed by atoms with E-state index in [1.807, 2.05) is 0 Å². The summed E-state index contributed by atoms with van der Waals surface area (Å²) in [5, 5.41) is 10.6. The molecule has 0 spiro atoms. The van der Waals surface area contributed by atoms with Crippen LogP contribution < -0.4 is 0 Å². The number of ether oxygens (including phenoxy) is 2. The number of rotatable bonds is 5. The van der Waals surface area contributed by atoms with E-state index in [9.17, 15) is 18.5 Å². The van der Waals surface area contributed by atoms with Crippen LogP contribution >= 0.6 is 0 Å². The van der Waals surface area contributed by atoms with Crippen molar-refractivity contribution < 1.29 is 22.8 Å². The van der Waals surface area contributed by atoms with E-state index in [2.05, 4.69) is 0 Å². The largest absolute Gasteiger partial charge is 0.350 e. The number of non-ortho nitro benzene ring substituents is 1. The van der Waals surface area contributed by atoms with Crippen LogP contribution in [0.1, 0.15) is 18.4 Å². The molecule has 0 aliphatic carbocycles. The average molecular weight is 356 g/mol. The van der Waals surface area contributed by atoms with Crippen LogP contribution in [0.15, 0.2) is 24.3 Å². The van der Waals surface area contributed by atoms with Crippen molar-refractivity contribution in [1.29, 1.82) is 0 Å². The summed E-state index contributed by atoms with van der Waals surface area (Å²) >= 11 is 0. The Morgan fingerprint density at radius 1 is 1.12 bits per heavy atom. The number of benzene rings is 1. The lowest BCUT2D eigenvalue weighted by Gasteiger charge is -2.33. The Morgan fingerprint density at radius 2 is 1.71 bits per heavy atom. The third kappa shape index (κ3) is 3.92. The molecule has 0 aromatic heterocycles. The maximum absolute atomic E-state index is 12.5. The van der Waals surface area contributed by atoms with Crippen molar-refractivity contribution in [1.82, 2.24) is 4.31 Å². The van der Waals surface area contributed by atoms with Gasteiger partial charge in [-0.15, -0.1) is 0 Å². The van der Waals surface area contributed by atoms with Gasteiger partial charge < -0.3 is 9.47 Å². The molecule has 2 aliphatic heterocycles. The van der Waals surface area contributed by atoms with Gasteiger partial charge in [0.1, 0.15) is 0 Å². The van der Waals surface area contributed by atoms with Crippen molar-refractivity contribution in [2.24, 2.45) is 5.92 Å². The lowest BCUT2D eigenvalue weighted by Crippen LogP contribution is -2.41. The monoisotopic (exact) mass is 356 g/mol. The molecule has 24 heavy (non-hydrogen) atoms. The maximum atomic E-state index is 12.5. The fourth-order valence-corrected chi connectivity index (χ4v) is 4.65. The molecule has 132 valence electrons. The van der Waals surface area contributed by atoms with E-state index >= 15 is 0 Å². The number of hydrogen-bond donors (Lipinski definition) is 0. The van der Waals surface area contributed by atoms with Crippen LogP contribution in [0.3, 0.4) is 0 Å². The average Bonchev–Trinajstić information content (AvgIpc) is 3.09. The van der Waals surface area contributed by atoms with E-state index in [-0.39, 0.29) is 23.6 Å². The summed E-state index contributed by atoms with van der Waals surface area (Å²) in [4.78, 5) is 10.1. The standard InChI is InChI=1S/C15H20N2O6S/c18-17(19)14-3-1-12(2-4-14)11-24(20,21)16-7-5-13(6-8-16)15-22-9-10-23-15/h1-4,13,15H,5-11H2. The zero-order chi connectivity index (χ0) is 17.2. The van der Waals surface area contributed by atoms with Gasteiger partial charge in [0.15, 0.2) is 6.29 Å². The number of sulfonamides is 1. The Morgan fingerprint density at radius 3 is 2.25 bits per heavy atom. The highest BCUT2D eigenvalue weighted by Gasteiger charge is 2.34. The first-order valence-electron chi connectivity index (χ1n) is 7.90. The molecule has 0 saturated carbocycles. The van der Waals surface area contributed by atoms with Gasteiger partial charge in [-0.3, -0.25) is 10.1 Å². The van der Waals surface area contributed by atoms with Crippen LogP contribution in [0.5, 0.6) is 0 Å². The molecular weight excluding hydrogens is 336 g/mol. The molecule has 0 unspecified atom stereocenters. The maximum Gasteiger partial charge on any atom is 0.269 e. The predicted octanol–water partition coefficient (Wildman–Crippen LogP) is 1.51. The zero-order valence-corrected chi connectivity index (χ0v) is 14.0. The van der Waals surface area contributed by atoms with Gasteiger partial charge in [0.05, 0.1) is 23.9 Å². The van der Waals surface area contributed by atoms with Crippen LogP contribution in [-0.2, 0) is 25.2 Å². The molecule has 2 fully saturated rings. The highest BCUT2D eigenvalue weighted by atomic mass is 32.2. The van der Waals surface area contributed by atoms with Gasteiger partial charge in [-0.2, -0.15) is 0 Å². The number of nitrogens with zero attached hydrogens (tertiary/aromatic N) is 2. The molecule has 9 heteroatoms. The van der Waals surface area contributed by atoms with Gasteiger partial charge >= 0.3 is 0 Å². The summed E-state index contributed by atoms with van der Waals surface area (Å²) in [6.45, 7) is 2.10. The lowest BCUT2D eigenvalue weighted by molar-refractivity contribution is -0.384. The summed E-state index contributed by atoms with van der Waals surface area (Å²) in [6.07, 6.45) is 1.22. The van der Waals surface area contributed by atoms with Gasteiger partial charge in [-0.05, 0) is 18.4 Å². The molecule has 1 aromatic carbocycles. The number of nitro benzene ring substituents is 1. The van der Waals surface area contributed by atoms with Gasteiger partial charge in [-0.1, -0.05) is 12.1 Å². The predicted molar refractivity (Wildman–Crippen MR) is 85.7 cm³/mol. The fraction of sp³-hybridized carbons (Fsp3) is 0.600. The van der Waals surface area contributed by atoms with Gasteiger partial charge in [-0.25, -0.2) is 12.7 Å². The summed E-state index contributed by atoms with van der Waals surface area (Å²) in [6, 6.07) is 5.63. The quantitative estimate of drug-likeness (QED) is 0.586. The first-order chi connectivity index (χ1) is 11.5. The van der Waals surface area contributed by atoms with Crippen molar-refractivity contribution in [3.05, 3.63) is 39.9 Å². The topological polar surface area (TPSA) is 99.0 Å². The van der Waals surface area contributed by atoms with Crippen LogP contribution in [-0.4, -0.2) is 50.2 Å². The van der Waals surface area contributed by atoms with Crippen molar-refractivity contribution in [3.8, 4) is 0 Å². The zero-order valence-electron chi connectivity index (χ0n) is 13.2. The Hall–Kier alpha value is -1.55. The first-order valence-corrected chi connectivity index (χ1v) is 9.51. The van der Waals surface area contributed by atoms with Crippen molar-refractivity contribution in [2.75, 3.05) is 26.3 Å². The van der Waals surface area contributed by atoms with E-state index in [0.29, 0.717) is 44.7 Å². The SMILES string of the molecule is O=[N+]([O-])c1ccc(CS(=O)(=O)N2CCC(C3OCCO3)CC2)cc1. The molecule has 2 aliphatic rings. The van der Waals surface area contributed by atoms with Crippen molar-refractivity contribution in [2.45, 2.75) is 24.9 Å². The van der Waals surface area contributed by atoms with Gasteiger partial charge in [0, 0.05) is 31.1 Å². The molecule has 8 nitrogen and oxygen atoms in total. The number of hydrogen-bond acceptors (Lipinski definition) is 6.